The molecule has 0 spiro atoms. The van der Waals surface area contributed by atoms with E-state index in [4.69, 9.17) is 5.73 Å². The lowest BCUT2D eigenvalue weighted by Crippen LogP contribution is -2.50. The third-order valence-electron chi connectivity index (χ3n) is 5.42. The van der Waals surface area contributed by atoms with Crippen molar-refractivity contribution in [1.82, 2.24) is 15.5 Å². The SMILES string of the molecule is C[C@@H](O)[C@H](N)C(=O)N(CCCNC(=O)c1cccc(O)c1O)CCCNC(=O)c1cccc(O)c1O. The van der Waals surface area contributed by atoms with Crippen LogP contribution in [0.3, 0.4) is 0 Å². The van der Waals surface area contributed by atoms with E-state index in [0.29, 0.717) is 12.8 Å². The minimum atomic E-state index is -1.15. The van der Waals surface area contributed by atoms with E-state index in [-0.39, 0.29) is 37.3 Å². The molecule has 0 bridgehead atoms. The fourth-order valence-corrected chi connectivity index (χ4v) is 3.31. The van der Waals surface area contributed by atoms with Crippen molar-refractivity contribution in [1.29, 1.82) is 0 Å². The molecule has 0 saturated heterocycles. The van der Waals surface area contributed by atoms with Crippen LogP contribution in [0.15, 0.2) is 36.4 Å². The van der Waals surface area contributed by atoms with E-state index in [1.807, 2.05) is 0 Å². The quantitative estimate of drug-likeness (QED) is 0.144. The van der Waals surface area contributed by atoms with E-state index in [1.54, 1.807) is 0 Å². The molecular formula is C24H32N4O8. The maximum Gasteiger partial charge on any atom is 0.255 e. The predicted molar refractivity (Wildman–Crippen MR) is 130 cm³/mol. The Kier molecular flexibility index (Phi) is 10.3. The highest BCUT2D eigenvalue weighted by Crippen LogP contribution is 2.28. The molecular weight excluding hydrogens is 472 g/mol. The zero-order valence-electron chi connectivity index (χ0n) is 19.8. The topological polar surface area (TPSA) is 206 Å². The first-order valence-corrected chi connectivity index (χ1v) is 11.3. The number of hydrogen-bond donors (Lipinski definition) is 8. The number of aromatic hydroxyl groups is 4. The third-order valence-corrected chi connectivity index (χ3v) is 5.42. The third kappa shape index (κ3) is 7.48. The van der Waals surface area contributed by atoms with Crippen molar-refractivity contribution < 1.29 is 39.9 Å². The Balaban J connectivity index is 1.89. The van der Waals surface area contributed by atoms with Crippen LogP contribution in [0.25, 0.3) is 0 Å². The van der Waals surface area contributed by atoms with Gasteiger partial charge in [-0.2, -0.15) is 0 Å². The molecule has 9 N–H and O–H groups in total. The molecule has 12 nitrogen and oxygen atoms in total. The number of phenolic OH excluding ortho intramolecular Hbond substituents is 4. The maximum atomic E-state index is 12.7. The minimum absolute atomic E-state index is 0.0902. The molecule has 0 aliphatic rings. The number of rotatable bonds is 12. The zero-order chi connectivity index (χ0) is 26.8. The summed E-state index contributed by atoms with van der Waals surface area (Å²) in [6, 6.07) is 6.89. The summed E-state index contributed by atoms with van der Waals surface area (Å²) in [6.45, 7) is 2.06. The second kappa shape index (κ2) is 13.2. The lowest BCUT2D eigenvalue weighted by Gasteiger charge is -2.27. The number of para-hydroxylation sites is 2. The molecule has 12 heteroatoms. The van der Waals surface area contributed by atoms with E-state index < -0.39 is 52.9 Å². The maximum absolute atomic E-state index is 12.7. The molecule has 2 aromatic carbocycles. The highest BCUT2D eigenvalue weighted by Gasteiger charge is 2.24. The lowest BCUT2D eigenvalue weighted by atomic mass is 10.1. The van der Waals surface area contributed by atoms with Crippen molar-refractivity contribution >= 4 is 17.7 Å². The first kappa shape index (κ1) is 28.2. The molecule has 0 heterocycles. The molecule has 2 aromatic rings. The Hall–Kier alpha value is -4.03. The molecule has 0 saturated carbocycles. The number of aliphatic hydroxyl groups is 1. The van der Waals surface area contributed by atoms with Gasteiger partial charge in [0.1, 0.15) is 6.04 Å². The number of aliphatic hydroxyl groups excluding tert-OH is 1. The monoisotopic (exact) mass is 504 g/mol. The average Bonchev–Trinajstić information content (AvgIpc) is 2.85. The van der Waals surface area contributed by atoms with Gasteiger partial charge in [0.2, 0.25) is 5.91 Å². The molecule has 0 radical (unpaired) electrons. The fourth-order valence-electron chi connectivity index (χ4n) is 3.31. The molecule has 196 valence electrons. The zero-order valence-corrected chi connectivity index (χ0v) is 19.8. The molecule has 0 aromatic heterocycles. The van der Waals surface area contributed by atoms with E-state index in [9.17, 15) is 39.9 Å². The number of phenols is 4. The van der Waals surface area contributed by atoms with Crippen LogP contribution in [0.4, 0.5) is 0 Å². The van der Waals surface area contributed by atoms with Crippen LogP contribution in [-0.4, -0.2) is 86.5 Å². The highest BCUT2D eigenvalue weighted by molar-refractivity contribution is 5.98. The lowest BCUT2D eigenvalue weighted by molar-refractivity contribution is -0.135. The van der Waals surface area contributed by atoms with Gasteiger partial charge in [-0.25, -0.2) is 0 Å². The Morgan fingerprint density at radius 1 is 0.833 bits per heavy atom. The van der Waals surface area contributed by atoms with Crippen LogP contribution >= 0.6 is 0 Å². The van der Waals surface area contributed by atoms with Crippen LogP contribution in [0, 0.1) is 0 Å². The van der Waals surface area contributed by atoms with Gasteiger partial charge < -0.3 is 46.8 Å². The first-order chi connectivity index (χ1) is 17.0. The van der Waals surface area contributed by atoms with Gasteiger partial charge in [-0.3, -0.25) is 14.4 Å². The van der Waals surface area contributed by atoms with Crippen molar-refractivity contribution in [2.45, 2.75) is 31.9 Å². The van der Waals surface area contributed by atoms with Gasteiger partial charge in [0.15, 0.2) is 23.0 Å². The number of carbonyl (C=O) groups is 3. The number of carbonyl (C=O) groups excluding carboxylic acids is 3. The Morgan fingerprint density at radius 2 is 1.25 bits per heavy atom. The molecule has 2 rings (SSSR count). The van der Waals surface area contributed by atoms with Gasteiger partial charge >= 0.3 is 0 Å². The molecule has 2 atom stereocenters. The average molecular weight is 505 g/mol. The van der Waals surface area contributed by atoms with Crippen LogP contribution in [-0.2, 0) is 4.79 Å². The van der Waals surface area contributed by atoms with E-state index in [2.05, 4.69) is 10.6 Å². The summed E-state index contributed by atoms with van der Waals surface area (Å²) in [5.41, 5.74) is 5.62. The van der Waals surface area contributed by atoms with E-state index >= 15 is 0 Å². The summed E-state index contributed by atoms with van der Waals surface area (Å²) < 4.78 is 0. The number of nitrogens with one attached hydrogen (secondary N) is 2. The van der Waals surface area contributed by atoms with E-state index in [1.165, 1.54) is 48.2 Å². The summed E-state index contributed by atoms with van der Waals surface area (Å²) >= 11 is 0. The van der Waals surface area contributed by atoms with Crippen LogP contribution in [0.2, 0.25) is 0 Å². The van der Waals surface area contributed by atoms with Crippen molar-refractivity contribution in [2.24, 2.45) is 5.73 Å². The normalized spacial score (nSPS) is 12.4. The van der Waals surface area contributed by atoms with Crippen LogP contribution < -0.4 is 16.4 Å². The number of nitrogens with zero attached hydrogens (tertiary/aromatic N) is 1. The Bertz CT molecular complexity index is 1000. The highest BCUT2D eigenvalue weighted by atomic mass is 16.3. The van der Waals surface area contributed by atoms with Gasteiger partial charge in [-0.05, 0) is 44.0 Å². The standard InChI is InChI=1S/C24H32N4O8/c1-14(29)19(25)24(36)28(12-4-10-26-22(34)15-6-2-8-17(30)20(15)32)13-5-11-27-23(35)16-7-3-9-18(31)21(16)33/h2-3,6-9,14,19,29-33H,4-5,10-13,25H2,1H3,(H,26,34)(H,27,35)/t14-,19+/m1/s1. The van der Waals surface area contributed by atoms with Crippen molar-refractivity contribution in [3.63, 3.8) is 0 Å². The molecule has 0 unspecified atom stereocenters. The van der Waals surface area contributed by atoms with Gasteiger partial charge in [-0.1, -0.05) is 12.1 Å². The smallest absolute Gasteiger partial charge is 0.255 e. The molecule has 0 fully saturated rings. The second-order valence-electron chi connectivity index (χ2n) is 8.16. The van der Waals surface area contributed by atoms with Crippen LogP contribution in [0.5, 0.6) is 23.0 Å². The van der Waals surface area contributed by atoms with Gasteiger partial charge in [0.25, 0.3) is 11.8 Å². The number of nitrogens with two attached hydrogens (primary N) is 1. The largest absolute Gasteiger partial charge is 0.504 e. The van der Waals surface area contributed by atoms with E-state index in [0.717, 1.165) is 0 Å². The van der Waals surface area contributed by atoms with Gasteiger partial charge in [0.05, 0.1) is 17.2 Å². The Morgan fingerprint density at radius 3 is 1.64 bits per heavy atom. The predicted octanol–water partition coefficient (Wildman–Crippen LogP) is -0.0143. The fraction of sp³-hybridized carbons (Fsp3) is 0.375. The summed E-state index contributed by atoms with van der Waals surface area (Å²) in [6.07, 6.45) is -0.429. The summed E-state index contributed by atoms with van der Waals surface area (Å²) in [7, 11) is 0. The number of amides is 3. The van der Waals surface area contributed by atoms with Crippen molar-refractivity contribution in [3.05, 3.63) is 47.5 Å². The van der Waals surface area contributed by atoms with Gasteiger partial charge in [0, 0.05) is 26.2 Å². The van der Waals surface area contributed by atoms with Crippen LogP contribution in [0.1, 0.15) is 40.5 Å². The van der Waals surface area contributed by atoms with Gasteiger partial charge in [-0.15, -0.1) is 0 Å². The van der Waals surface area contributed by atoms with Crippen molar-refractivity contribution in [2.75, 3.05) is 26.2 Å². The molecule has 36 heavy (non-hydrogen) atoms. The molecule has 0 aliphatic heterocycles. The summed E-state index contributed by atoms with van der Waals surface area (Å²) in [5, 5.41) is 53.5. The second-order valence-corrected chi connectivity index (χ2v) is 8.16. The Labute approximate surface area is 208 Å². The summed E-state index contributed by atoms with van der Waals surface area (Å²) in [5.74, 6) is -3.60. The minimum Gasteiger partial charge on any atom is -0.504 e. The van der Waals surface area contributed by atoms with Crippen molar-refractivity contribution in [3.8, 4) is 23.0 Å². The number of hydrogen-bond acceptors (Lipinski definition) is 9. The molecule has 0 aliphatic carbocycles. The first-order valence-electron chi connectivity index (χ1n) is 11.3. The summed E-state index contributed by atoms with van der Waals surface area (Å²) in [4.78, 5) is 38.6. The number of benzene rings is 2. The molecule has 3 amide bonds.